The maximum Gasteiger partial charge on any atom is 0.251 e. The van der Waals surface area contributed by atoms with Crippen LogP contribution in [0.25, 0.3) is 11.1 Å². The van der Waals surface area contributed by atoms with E-state index in [2.05, 4.69) is 39.5 Å². The van der Waals surface area contributed by atoms with Gasteiger partial charge in [0, 0.05) is 42.8 Å². The number of nitrogens with one attached hydrogen (secondary N) is 1. The highest BCUT2D eigenvalue weighted by Crippen LogP contribution is 2.26. The third-order valence-corrected chi connectivity index (χ3v) is 5.67. The van der Waals surface area contributed by atoms with Crippen LogP contribution in [0.1, 0.15) is 53.6 Å². The molecule has 0 saturated carbocycles. The number of hydrazone groups is 1. The van der Waals surface area contributed by atoms with Gasteiger partial charge in [-0.1, -0.05) is 61.7 Å². The molecule has 1 heterocycles. The maximum absolute atomic E-state index is 12.8. The van der Waals surface area contributed by atoms with E-state index in [1.54, 1.807) is 18.6 Å². The van der Waals surface area contributed by atoms with Crippen molar-refractivity contribution in [1.82, 2.24) is 10.3 Å². The quantitative estimate of drug-likeness (QED) is 0.171. The Labute approximate surface area is 202 Å². The normalized spacial score (nSPS) is 11.6. The number of amides is 1. The van der Waals surface area contributed by atoms with Crippen LogP contribution in [0, 0.1) is 6.92 Å². The van der Waals surface area contributed by atoms with Crippen molar-refractivity contribution in [1.29, 1.82) is 0 Å². The van der Waals surface area contributed by atoms with Crippen LogP contribution in [-0.4, -0.2) is 35.9 Å². The summed E-state index contributed by atoms with van der Waals surface area (Å²) >= 11 is 0. The molecule has 0 atom stereocenters. The minimum Gasteiger partial charge on any atom is -0.352 e. The van der Waals surface area contributed by atoms with E-state index in [1.165, 1.54) is 0 Å². The Morgan fingerprint density at radius 1 is 0.941 bits per heavy atom. The largest absolute Gasteiger partial charge is 0.352 e. The van der Waals surface area contributed by atoms with E-state index in [0.717, 1.165) is 66.5 Å². The molecule has 34 heavy (non-hydrogen) atoms. The minimum atomic E-state index is -0.0146. The molecule has 6 nitrogen and oxygen atoms in total. The van der Waals surface area contributed by atoms with Crippen LogP contribution in [0.4, 0.5) is 0 Å². The standard InChI is InChI=1S/C28H33N5O/c1-22-12-5-6-14-24(22)25-15-7-8-16-26(25)28(34)32-19-10-4-2-3-9-17-31-21-27(33-29)23-13-11-18-30-20-23/h5-8,11-16,18,20-21H,2-4,9-10,17,19,29H2,1H3,(H,32,34). The van der Waals surface area contributed by atoms with Crippen LogP contribution < -0.4 is 11.2 Å². The Morgan fingerprint density at radius 2 is 1.68 bits per heavy atom. The SMILES string of the molecule is Cc1ccccc1-c1ccccc1C(=O)NCCCCCCCN=CC(=NN)c1cccnc1. The lowest BCUT2D eigenvalue weighted by atomic mass is 9.95. The lowest BCUT2D eigenvalue weighted by molar-refractivity contribution is 0.0953. The zero-order valence-corrected chi connectivity index (χ0v) is 19.8. The summed E-state index contributed by atoms with van der Waals surface area (Å²) in [5, 5.41) is 6.86. The molecule has 1 aromatic heterocycles. The lowest BCUT2D eigenvalue weighted by Gasteiger charge is -2.12. The number of carbonyl (C=O) groups excluding carboxylic acids is 1. The lowest BCUT2D eigenvalue weighted by Crippen LogP contribution is -2.25. The molecule has 0 bridgehead atoms. The van der Waals surface area contributed by atoms with Crippen molar-refractivity contribution in [2.45, 2.75) is 39.0 Å². The van der Waals surface area contributed by atoms with Crippen molar-refractivity contribution in [3.8, 4) is 11.1 Å². The second-order valence-corrected chi connectivity index (χ2v) is 8.18. The molecular weight excluding hydrogens is 422 g/mol. The fraction of sp³-hybridized carbons (Fsp3) is 0.286. The number of nitrogens with zero attached hydrogens (tertiary/aromatic N) is 3. The smallest absolute Gasteiger partial charge is 0.251 e. The molecule has 0 aliphatic rings. The van der Waals surface area contributed by atoms with Crippen LogP contribution in [-0.2, 0) is 0 Å². The van der Waals surface area contributed by atoms with Crippen LogP contribution in [0.3, 0.4) is 0 Å². The number of hydrogen-bond acceptors (Lipinski definition) is 5. The molecule has 3 rings (SSSR count). The van der Waals surface area contributed by atoms with Gasteiger partial charge >= 0.3 is 0 Å². The van der Waals surface area contributed by atoms with Crippen molar-refractivity contribution in [3.63, 3.8) is 0 Å². The average molecular weight is 456 g/mol. The predicted octanol–water partition coefficient (Wildman–Crippen LogP) is 5.17. The highest BCUT2D eigenvalue weighted by Gasteiger charge is 2.13. The zero-order valence-electron chi connectivity index (χ0n) is 19.8. The number of hydrogen-bond donors (Lipinski definition) is 2. The summed E-state index contributed by atoms with van der Waals surface area (Å²) in [7, 11) is 0. The highest BCUT2D eigenvalue weighted by molar-refractivity contribution is 6.38. The summed E-state index contributed by atoms with van der Waals surface area (Å²) in [5.74, 6) is 5.44. The minimum absolute atomic E-state index is 0.0146. The summed E-state index contributed by atoms with van der Waals surface area (Å²) in [6.45, 7) is 3.49. The van der Waals surface area contributed by atoms with Crippen LogP contribution in [0.15, 0.2) is 83.2 Å². The molecule has 176 valence electrons. The Bertz CT molecular complexity index is 1110. The Morgan fingerprint density at radius 3 is 2.44 bits per heavy atom. The number of benzene rings is 2. The summed E-state index contributed by atoms with van der Waals surface area (Å²) < 4.78 is 0. The van der Waals surface area contributed by atoms with Gasteiger partial charge in [-0.15, -0.1) is 0 Å². The van der Waals surface area contributed by atoms with Crippen molar-refractivity contribution in [2.75, 3.05) is 13.1 Å². The van der Waals surface area contributed by atoms with E-state index >= 15 is 0 Å². The van der Waals surface area contributed by atoms with Gasteiger partial charge in [-0.3, -0.25) is 14.8 Å². The van der Waals surface area contributed by atoms with Crippen molar-refractivity contribution in [2.24, 2.45) is 15.9 Å². The third kappa shape index (κ3) is 7.37. The fourth-order valence-corrected chi connectivity index (χ4v) is 3.79. The second-order valence-electron chi connectivity index (χ2n) is 8.18. The number of aliphatic imine (C=N–C) groups is 1. The van der Waals surface area contributed by atoms with Crippen molar-refractivity contribution < 1.29 is 4.79 Å². The monoisotopic (exact) mass is 455 g/mol. The fourth-order valence-electron chi connectivity index (χ4n) is 3.79. The van der Waals surface area contributed by atoms with Crippen molar-refractivity contribution in [3.05, 3.63) is 89.7 Å². The molecule has 0 saturated heterocycles. The first-order chi connectivity index (χ1) is 16.7. The van der Waals surface area contributed by atoms with Gasteiger partial charge in [0.2, 0.25) is 0 Å². The van der Waals surface area contributed by atoms with E-state index in [0.29, 0.717) is 12.3 Å². The molecular formula is C28H33N5O. The van der Waals surface area contributed by atoms with Gasteiger partial charge in [-0.05, 0) is 54.7 Å². The number of unbranched alkanes of at least 4 members (excludes halogenated alkanes) is 4. The number of aromatic nitrogens is 1. The van der Waals surface area contributed by atoms with E-state index in [4.69, 9.17) is 5.84 Å². The van der Waals surface area contributed by atoms with Crippen molar-refractivity contribution >= 4 is 17.8 Å². The van der Waals surface area contributed by atoms with Gasteiger partial charge in [0.05, 0.1) is 0 Å². The molecule has 0 spiro atoms. The van der Waals surface area contributed by atoms with E-state index in [1.807, 2.05) is 48.5 Å². The zero-order chi connectivity index (χ0) is 24.0. The average Bonchev–Trinajstić information content (AvgIpc) is 2.88. The van der Waals surface area contributed by atoms with Gasteiger partial charge in [0.25, 0.3) is 5.91 Å². The van der Waals surface area contributed by atoms with Gasteiger partial charge in [0.1, 0.15) is 5.71 Å². The van der Waals surface area contributed by atoms with Crippen LogP contribution in [0.2, 0.25) is 0 Å². The Hall–Kier alpha value is -3.80. The Kier molecular flexibility index (Phi) is 9.99. The molecule has 0 fully saturated rings. The highest BCUT2D eigenvalue weighted by atomic mass is 16.1. The molecule has 6 heteroatoms. The first kappa shape index (κ1) is 24.8. The van der Waals surface area contributed by atoms with Gasteiger partial charge < -0.3 is 11.2 Å². The number of pyridine rings is 1. The predicted molar refractivity (Wildman–Crippen MR) is 140 cm³/mol. The topological polar surface area (TPSA) is 92.7 Å². The number of rotatable bonds is 12. The molecule has 1 amide bonds. The molecule has 0 unspecified atom stereocenters. The molecule has 2 aromatic carbocycles. The molecule has 0 aliphatic carbocycles. The van der Waals surface area contributed by atoms with E-state index in [9.17, 15) is 4.79 Å². The number of carbonyl (C=O) groups is 1. The summed E-state index contributed by atoms with van der Waals surface area (Å²) in [5.41, 5.74) is 5.45. The number of aryl methyl sites for hydroxylation is 1. The van der Waals surface area contributed by atoms with Crippen LogP contribution in [0.5, 0.6) is 0 Å². The van der Waals surface area contributed by atoms with Crippen LogP contribution >= 0.6 is 0 Å². The second kappa shape index (κ2) is 13.7. The Balaban J connectivity index is 1.33. The molecule has 3 aromatic rings. The molecule has 0 aliphatic heterocycles. The molecule has 0 radical (unpaired) electrons. The van der Waals surface area contributed by atoms with E-state index in [-0.39, 0.29) is 5.91 Å². The van der Waals surface area contributed by atoms with Gasteiger partial charge in [0.15, 0.2) is 0 Å². The van der Waals surface area contributed by atoms with E-state index < -0.39 is 0 Å². The first-order valence-electron chi connectivity index (χ1n) is 11.8. The summed E-state index contributed by atoms with van der Waals surface area (Å²) in [6.07, 6.45) is 10.4. The van der Waals surface area contributed by atoms with Gasteiger partial charge in [-0.2, -0.15) is 5.10 Å². The van der Waals surface area contributed by atoms with Gasteiger partial charge in [-0.25, -0.2) is 0 Å². The molecule has 3 N–H and O–H groups in total. The number of nitrogens with two attached hydrogens (primary N) is 1. The summed E-state index contributed by atoms with van der Waals surface area (Å²) in [6, 6.07) is 19.7. The third-order valence-electron chi connectivity index (χ3n) is 5.67. The summed E-state index contributed by atoms with van der Waals surface area (Å²) in [4.78, 5) is 21.3. The first-order valence-corrected chi connectivity index (χ1v) is 11.8. The maximum atomic E-state index is 12.8.